The van der Waals surface area contributed by atoms with Crippen LogP contribution in [0, 0.1) is 0 Å². The van der Waals surface area contributed by atoms with Crippen LogP contribution in [0.15, 0.2) is 76.1 Å². The Balaban J connectivity index is 1.65. The van der Waals surface area contributed by atoms with E-state index in [0.717, 1.165) is 11.3 Å². The van der Waals surface area contributed by atoms with Gasteiger partial charge in [0.1, 0.15) is 18.6 Å². The van der Waals surface area contributed by atoms with Crippen molar-refractivity contribution < 1.29 is 9.15 Å². The molecular formula is C20H18ClNO3. The molecule has 0 bridgehead atoms. The minimum absolute atomic E-state index is 0.193. The van der Waals surface area contributed by atoms with Gasteiger partial charge in [0.05, 0.1) is 6.54 Å². The van der Waals surface area contributed by atoms with Gasteiger partial charge >= 0.3 is 0 Å². The molecule has 3 aromatic rings. The topological polar surface area (TPSA) is 42.7 Å². The molecule has 1 aromatic heterocycles. The quantitative estimate of drug-likeness (QED) is 0.652. The molecule has 0 radical (unpaired) electrons. The summed E-state index contributed by atoms with van der Waals surface area (Å²) in [5, 5.41) is 0.684. The van der Waals surface area contributed by atoms with Crippen LogP contribution in [0.4, 0.5) is 5.69 Å². The zero-order valence-corrected chi connectivity index (χ0v) is 14.6. The van der Waals surface area contributed by atoms with Gasteiger partial charge in [-0.1, -0.05) is 41.9 Å². The predicted octanol–water partition coefficient (Wildman–Crippen LogP) is 4.51. The summed E-state index contributed by atoms with van der Waals surface area (Å²) in [6, 6.07) is 18.6. The lowest BCUT2D eigenvalue weighted by Crippen LogP contribution is -2.17. The first-order valence-electron chi connectivity index (χ1n) is 7.87. The van der Waals surface area contributed by atoms with E-state index in [4.69, 9.17) is 20.8 Å². The van der Waals surface area contributed by atoms with Gasteiger partial charge in [-0.15, -0.1) is 0 Å². The van der Waals surface area contributed by atoms with Gasteiger partial charge in [-0.2, -0.15) is 0 Å². The van der Waals surface area contributed by atoms with Gasteiger partial charge in [-0.3, -0.25) is 4.79 Å². The number of rotatable bonds is 6. The fourth-order valence-corrected chi connectivity index (χ4v) is 2.51. The first-order chi connectivity index (χ1) is 12.1. The molecule has 0 aliphatic rings. The van der Waals surface area contributed by atoms with Gasteiger partial charge in [0.25, 0.3) is 0 Å². The summed E-state index contributed by atoms with van der Waals surface area (Å²) in [4.78, 5) is 14.2. The molecule has 0 aliphatic carbocycles. The Hall–Kier alpha value is -2.72. The number of benzene rings is 2. The Bertz CT molecular complexity index is 875. The summed E-state index contributed by atoms with van der Waals surface area (Å²) < 4.78 is 11.1. The fourth-order valence-electron chi connectivity index (χ4n) is 2.38. The third kappa shape index (κ3) is 4.64. The molecular weight excluding hydrogens is 338 g/mol. The van der Waals surface area contributed by atoms with E-state index in [-0.39, 0.29) is 11.2 Å². The van der Waals surface area contributed by atoms with E-state index >= 15 is 0 Å². The predicted molar refractivity (Wildman–Crippen MR) is 99.3 cm³/mol. The maximum absolute atomic E-state index is 12.2. The summed E-state index contributed by atoms with van der Waals surface area (Å²) >= 11 is 5.90. The molecule has 0 atom stereocenters. The van der Waals surface area contributed by atoms with E-state index in [2.05, 4.69) is 0 Å². The van der Waals surface area contributed by atoms with Gasteiger partial charge in [0, 0.05) is 23.8 Å². The standard InChI is InChI=1S/C20H18ClNO3/c1-22(17-9-7-16(21)8-10-17)12-18-11-19(23)20(14-24-18)25-13-15-5-3-2-4-6-15/h2-11,14H,12-13H2,1H3. The highest BCUT2D eigenvalue weighted by Gasteiger charge is 2.08. The van der Waals surface area contributed by atoms with Crippen LogP contribution in [0.1, 0.15) is 11.3 Å². The minimum Gasteiger partial charge on any atom is -0.482 e. The lowest BCUT2D eigenvalue weighted by atomic mass is 10.2. The number of halogens is 1. The Kier molecular flexibility index (Phi) is 5.41. The summed E-state index contributed by atoms with van der Waals surface area (Å²) in [6.45, 7) is 0.797. The minimum atomic E-state index is -0.193. The highest BCUT2D eigenvalue weighted by atomic mass is 35.5. The summed E-state index contributed by atoms with van der Waals surface area (Å²) in [5.41, 5.74) is 1.78. The van der Waals surface area contributed by atoms with Gasteiger partial charge in [0.2, 0.25) is 11.2 Å². The van der Waals surface area contributed by atoms with Crippen LogP contribution in [-0.4, -0.2) is 7.05 Å². The first kappa shape index (κ1) is 17.1. The molecule has 128 valence electrons. The Morgan fingerprint density at radius 1 is 1.08 bits per heavy atom. The van der Waals surface area contributed by atoms with Crippen molar-refractivity contribution in [3.05, 3.63) is 93.5 Å². The van der Waals surface area contributed by atoms with Crippen LogP contribution in [0.3, 0.4) is 0 Å². The smallest absolute Gasteiger partial charge is 0.227 e. The van der Waals surface area contributed by atoms with Crippen molar-refractivity contribution in [1.82, 2.24) is 0 Å². The van der Waals surface area contributed by atoms with Crippen molar-refractivity contribution in [3.8, 4) is 5.75 Å². The second kappa shape index (κ2) is 7.90. The van der Waals surface area contributed by atoms with Crippen LogP contribution in [-0.2, 0) is 13.2 Å². The average Bonchev–Trinajstić information content (AvgIpc) is 2.62. The van der Waals surface area contributed by atoms with E-state index in [1.54, 1.807) is 0 Å². The molecule has 0 N–H and O–H groups in total. The molecule has 1 heterocycles. The van der Waals surface area contributed by atoms with Crippen molar-refractivity contribution >= 4 is 17.3 Å². The van der Waals surface area contributed by atoms with Gasteiger partial charge in [0.15, 0.2) is 0 Å². The first-order valence-corrected chi connectivity index (χ1v) is 8.25. The van der Waals surface area contributed by atoms with Crippen molar-refractivity contribution in [2.45, 2.75) is 13.2 Å². The lowest BCUT2D eigenvalue weighted by molar-refractivity contribution is 0.289. The maximum Gasteiger partial charge on any atom is 0.227 e. The average molecular weight is 356 g/mol. The number of hydrogen-bond donors (Lipinski definition) is 0. The molecule has 0 saturated carbocycles. The van der Waals surface area contributed by atoms with E-state index in [0.29, 0.717) is 23.9 Å². The molecule has 2 aromatic carbocycles. The summed E-state index contributed by atoms with van der Waals surface area (Å²) in [5.74, 6) is 0.774. The Labute approximate surface area is 151 Å². The number of hydrogen-bond acceptors (Lipinski definition) is 4. The second-order valence-electron chi connectivity index (χ2n) is 5.68. The summed E-state index contributed by atoms with van der Waals surface area (Å²) in [6.07, 6.45) is 1.37. The molecule has 25 heavy (non-hydrogen) atoms. The Morgan fingerprint density at radius 2 is 1.80 bits per heavy atom. The van der Waals surface area contributed by atoms with Crippen LogP contribution < -0.4 is 15.1 Å². The van der Waals surface area contributed by atoms with Crippen LogP contribution >= 0.6 is 11.6 Å². The molecule has 0 aliphatic heterocycles. The fraction of sp³-hybridized carbons (Fsp3) is 0.150. The van der Waals surface area contributed by atoms with Crippen LogP contribution in [0.5, 0.6) is 5.75 Å². The Morgan fingerprint density at radius 3 is 2.48 bits per heavy atom. The van der Waals surface area contributed by atoms with Crippen molar-refractivity contribution in [2.24, 2.45) is 0 Å². The molecule has 0 unspecified atom stereocenters. The van der Waals surface area contributed by atoms with Gasteiger partial charge in [-0.25, -0.2) is 0 Å². The zero-order valence-electron chi connectivity index (χ0n) is 13.8. The molecule has 0 amide bonds. The van der Waals surface area contributed by atoms with E-state index < -0.39 is 0 Å². The number of ether oxygens (including phenoxy) is 1. The molecule has 3 rings (SSSR count). The van der Waals surface area contributed by atoms with Crippen molar-refractivity contribution in [1.29, 1.82) is 0 Å². The third-order valence-electron chi connectivity index (χ3n) is 3.75. The van der Waals surface area contributed by atoms with E-state index in [1.165, 1.54) is 12.3 Å². The molecule has 4 nitrogen and oxygen atoms in total. The maximum atomic E-state index is 12.2. The largest absolute Gasteiger partial charge is 0.482 e. The monoisotopic (exact) mass is 355 g/mol. The van der Waals surface area contributed by atoms with Gasteiger partial charge in [-0.05, 0) is 29.8 Å². The normalized spacial score (nSPS) is 10.5. The van der Waals surface area contributed by atoms with E-state index in [1.807, 2.05) is 66.5 Å². The van der Waals surface area contributed by atoms with Gasteiger partial charge < -0.3 is 14.1 Å². The third-order valence-corrected chi connectivity index (χ3v) is 4.00. The van der Waals surface area contributed by atoms with Crippen LogP contribution in [0.2, 0.25) is 5.02 Å². The van der Waals surface area contributed by atoms with Crippen molar-refractivity contribution in [3.63, 3.8) is 0 Å². The van der Waals surface area contributed by atoms with Crippen LogP contribution in [0.25, 0.3) is 0 Å². The van der Waals surface area contributed by atoms with Crippen molar-refractivity contribution in [2.75, 3.05) is 11.9 Å². The molecule has 0 fully saturated rings. The zero-order chi connectivity index (χ0) is 17.6. The number of anilines is 1. The molecule has 0 spiro atoms. The lowest BCUT2D eigenvalue weighted by Gasteiger charge is -2.18. The van der Waals surface area contributed by atoms with E-state index in [9.17, 15) is 4.79 Å². The second-order valence-corrected chi connectivity index (χ2v) is 6.12. The highest BCUT2D eigenvalue weighted by Crippen LogP contribution is 2.19. The molecule has 0 saturated heterocycles. The molecule has 5 heteroatoms. The number of nitrogens with zero attached hydrogens (tertiary/aromatic N) is 1. The SMILES string of the molecule is CN(Cc1cc(=O)c(OCc2ccccc2)co1)c1ccc(Cl)cc1. The summed E-state index contributed by atoms with van der Waals surface area (Å²) in [7, 11) is 1.92. The highest BCUT2D eigenvalue weighted by molar-refractivity contribution is 6.30.